The highest BCUT2D eigenvalue weighted by Crippen LogP contribution is 2.32. The van der Waals surface area contributed by atoms with Gasteiger partial charge in [-0.1, -0.05) is 30.3 Å². The zero-order chi connectivity index (χ0) is 25.4. The number of nitrogens with one attached hydrogen (secondary N) is 3. The number of para-hydroxylation sites is 3. The van der Waals surface area contributed by atoms with Crippen molar-refractivity contribution < 1.29 is 9.18 Å². The van der Waals surface area contributed by atoms with E-state index in [4.69, 9.17) is 0 Å². The van der Waals surface area contributed by atoms with Gasteiger partial charge in [-0.05, 0) is 60.0 Å². The molecule has 0 radical (unpaired) electrons. The van der Waals surface area contributed by atoms with Crippen molar-refractivity contribution in [2.24, 2.45) is 0 Å². The predicted octanol–water partition coefficient (Wildman–Crippen LogP) is 4.97. The summed E-state index contributed by atoms with van der Waals surface area (Å²) in [7, 11) is 0. The number of benzene rings is 3. The second kappa shape index (κ2) is 9.19. The third kappa shape index (κ3) is 4.16. The maximum atomic E-state index is 13.5. The molecule has 182 valence electrons. The second-order valence-electron chi connectivity index (χ2n) is 8.62. The van der Waals surface area contributed by atoms with E-state index in [1.807, 2.05) is 36.4 Å². The van der Waals surface area contributed by atoms with Gasteiger partial charge in [0.15, 0.2) is 5.65 Å². The van der Waals surface area contributed by atoms with Crippen molar-refractivity contribution in [3.63, 3.8) is 0 Å². The Kier molecular flexibility index (Phi) is 5.57. The largest absolute Gasteiger partial charge is 0.354 e. The standard InChI is InChI=1S/C28H21FN6O2/c29-18-11-9-17(10-12-18)26-20(19-5-1-2-6-22(19)34-26)13-14-25(36)33-23-7-3-4-8-24(23)35-27-21(15-32-35)28(37)31-16-30-27/h1-12,15-16,34H,13-14H2,(H,33,36)(H,30,31,37). The molecule has 1 amide bonds. The molecule has 0 saturated carbocycles. The van der Waals surface area contributed by atoms with Crippen LogP contribution in [0.5, 0.6) is 0 Å². The van der Waals surface area contributed by atoms with Gasteiger partial charge in [-0.2, -0.15) is 5.10 Å². The summed E-state index contributed by atoms with van der Waals surface area (Å²) in [5.41, 5.74) is 4.94. The Balaban J connectivity index is 1.28. The van der Waals surface area contributed by atoms with Crippen molar-refractivity contribution in [2.75, 3.05) is 5.32 Å². The van der Waals surface area contributed by atoms with E-state index in [1.54, 1.807) is 24.3 Å². The third-order valence-electron chi connectivity index (χ3n) is 6.33. The van der Waals surface area contributed by atoms with Crippen LogP contribution in [0.4, 0.5) is 10.1 Å². The molecule has 0 bridgehead atoms. The van der Waals surface area contributed by atoms with E-state index in [0.717, 1.165) is 27.7 Å². The van der Waals surface area contributed by atoms with Crippen LogP contribution in [0.25, 0.3) is 38.9 Å². The Morgan fingerprint density at radius 3 is 2.62 bits per heavy atom. The number of hydrogen-bond donors (Lipinski definition) is 3. The van der Waals surface area contributed by atoms with Crippen LogP contribution >= 0.6 is 0 Å². The van der Waals surface area contributed by atoms with Crippen molar-refractivity contribution in [1.82, 2.24) is 24.7 Å². The van der Waals surface area contributed by atoms with Crippen LogP contribution in [0.15, 0.2) is 90.1 Å². The first-order valence-electron chi connectivity index (χ1n) is 11.7. The topological polar surface area (TPSA) is 108 Å². The molecule has 3 heterocycles. The van der Waals surface area contributed by atoms with Crippen molar-refractivity contribution in [1.29, 1.82) is 0 Å². The number of aromatic amines is 2. The zero-order valence-electron chi connectivity index (χ0n) is 19.5. The summed E-state index contributed by atoms with van der Waals surface area (Å²) in [6.07, 6.45) is 3.48. The van der Waals surface area contributed by atoms with Crippen LogP contribution in [-0.2, 0) is 11.2 Å². The van der Waals surface area contributed by atoms with Crippen molar-refractivity contribution in [2.45, 2.75) is 12.8 Å². The number of nitrogens with zero attached hydrogens (tertiary/aromatic N) is 3. The zero-order valence-corrected chi connectivity index (χ0v) is 19.5. The summed E-state index contributed by atoms with van der Waals surface area (Å²) in [5.74, 6) is -0.478. The summed E-state index contributed by atoms with van der Waals surface area (Å²) in [6, 6.07) is 21.4. The van der Waals surface area contributed by atoms with E-state index in [9.17, 15) is 14.0 Å². The van der Waals surface area contributed by atoms with Gasteiger partial charge in [-0.15, -0.1) is 0 Å². The molecule has 0 atom stereocenters. The molecule has 0 aliphatic rings. The number of carbonyl (C=O) groups excluding carboxylic acids is 1. The molecule has 0 unspecified atom stereocenters. The Morgan fingerprint density at radius 2 is 1.76 bits per heavy atom. The normalized spacial score (nSPS) is 11.3. The molecule has 6 rings (SSSR count). The number of amides is 1. The van der Waals surface area contributed by atoms with Crippen molar-refractivity contribution >= 4 is 33.5 Å². The lowest BCUT2D eigenvalue weighted by Crippen LogP contribution is -2.15. The van der Waals surface area contributed by atoms with Crippen LogP contribution in [0.3, 0.4) is 0 Å². The Morgan fingerprint density at radius 1 is 0.973 bits per heavy atom. The average Bonchev–Trinajstić information content (AvgIpc) is 3.51. The monoisotopic (exact) mass is 492 g/mol. The van der Waals surface area contributed by atoms with Gasteiger partial charge < -0.3 is 15.3 Å². The molecule has 0 aliphatic carbocycles. The minimum Gasteiger partial charge on any atom is -0.354 e. The smallest absolute Gasteiger partial charge is 0.261 e. The van der Waals surface area contributed by atoms with Crippen LogP contribution in [0.1, 0.15) is 12.0 Å². The fourth-order valence-corrected chi connectivity index (χ4v) is 4.57. The Bertz CT molecular complexity index is 1820. The molecule has 0 fully saturated rings. The molecule has 37 heavy (non-hydrogen) atoms. The van der Waals surface area contributed by atoms with Gasteiger partial charge in [0, 0.05) is 23.0 Å². The molecule has 0 aliphatic heterocycles. The van der Waals surface area contributed by atoms with E-state index < -0.39 is 0 Å². The van der Waals surface area contributed by atoms with Gasteiger partial charge in [0.1, 0.15) is 11.2 Å². The summed E-state index contributed by atoms with van der Waals surface area (Å²) in [4.78, 5) is 35.4. The molecular formula is C28H21FN6O2. The molecule has 0 spiro atoms. The Labute approximate surface area is 209 Å². The second-order valence-corrected chi connectivity index (χ2v) is 8.62. The summed E-state index contributed by atoms with van der Waals surface area (Å²) >= 11 is 0. The molecule has 0 saturated heterocycles. The van der Waals surface area contributed by atoms with E-state index in [2.05, 4.69) is 25.4 Å². The van der Waals surface area contributed by atoms with Gasteiger partial charge in [0.05, 0.1) is 23.9 Å². The van der Waals surface area contributed by atoms with Crippen LogP contribution in [0, 0.1) is 5.82 Å². The van der Waals surface area contributed by atoms with Crippen molar-refractivity contribution in [3.05, 3.63) is 107 Å². The van der Waals surface area contributed by atoms with Crippen LogP contribution in [0.2, 0.25) is 0 Å². The number of anilines is 1. The molecule has 3 aromatic carbocycles. The SMILES string of the molecule is O=C(CCc1c(-c2ccc(F)cc2)[nH]c2ccccc12)Nc1ccccc1-n1ncc2c(=O)[nH]cnc21. The fourth-order valence-electron chi connectivity index (χ4n) is 4.57. The Hall–Kier alpha value is -5.05. The first-order valence-corrected chi connectivity index (χ1v) is 11.7. The summed E-state index contributed by atoms with van der Waals surface area (Å²) < 4.78 is 15.1. The number of carbonyl (C=O) groups is 1. The van der Waals surface area contributed by atoms with E-state index in [1.165, 1.54) is 29.3 Å². The highest BCUT2D eigenvalue weighted by atomic mass is 19.1. The fraction of sp³-hybridized carbons (Fsp3) is 0.0714. The lowest BCUT2D eigenvalue weighted by molar-refractivity contribution is -0.116. The number of aromatic nitrogens is 5. The number of H-pyrrole nitrogens is 2. The van der Waals surface area contributed by atoms with Crippen molar-refractivity contribution in [3.8, 4) is 16.9 Å². The summed E-state index contributed by atoms with van der Waals surface area (Å²) in [5, 5.41) is 8.68. The predicted molar refractivity (Wildman–Crippen MR) is 140 cm³/mol. The van der Waals surface area contributed by atoms with E-state index in [-0.39, 0.29) is 23.7 Å². The first-order chi connectivity index (χ1) is 18.1. The highest BCUT2D eigenvalue weighted by Gasteiger charge is 2.17. The van der Waals surface area contributed by atoms with Crippen LogP contribution in [-0.4, -0.2) is 30.6 Å². The molecule has 9 heteroatoms. The molecule has 3 N–H and O–H groups in total. The molecule has 6 aromatic rings. The van der Waals surface area contributed by atoms with E-state index >= 15 is 0 Å². The quantitative estimate of drug-likeness (QED) is 0.305. The molecule has 8 nitrogen and oxygen atoms in total. The number of hydrogen-bond acceptors (Lipinski definition) is 4. The number of aryl methyl sites for hydroxylation is 1. The third-order valence-corrected chi connectivity index (χ3v) is 6.33. The van der Waals surface area contributed by atoms with Gasteiger partial charge >= 0.3 is 0 Å². The first kappa shape index (κ1) is 22.4. The number of halogens is 1. The van der Waals surface area contributed by atoms with Crippen LogP contribution < -0.4 is 10.9 Å². The lowest BCUT2D eigenvalue weighted by atomic mass is 10.0. The van der Waals surface area contributed by atoms with Gasteiger partial charge in [-0.3, -0.25) is 9.59 Å². The maximum Gasteiger partial charge on any atom is 0.261 e. The minimum absolute atomic E-state index is 0.176. The molecular weight excluding hydrogens is 471 g/mol. The minimum atomic E-state index is -0.302. The lowest BCUT2D eigenvalue weighted by Gasteiger charge is -2.12. The van der Waals surface area contributed by atoms with Gasteiger partial charge in [0.25, 0.3) is 5.56 Å². The highest BCUT2D eigenvalue weighted by molar-refractivity contribution is 5.95. The van der Waals surface area contributed by atoms with E-state index in [0.29, 0.717) is 28.8 Å². The molecule has 3 aromatic heterocycles. The summed E-state index contributed by atoms with van der Waals surface area (Å²) in [6.45, 7) is 0. The average molecular weight is 493 g/mol. The van der Waals surface area contributed by atoms with Gasteiger partial charge in [-0.25, -0.2) is 14.1 Å². The number of fused-ring (bicyclic) bond motifs is 2. The number of rotatable bonds is 6. The van der Waals surface area contributed by atoms with Gasteiger partial charge in [0.2, 0.25) is 5.91 Å². The maximum absolute atomic E-state index is 13.5.